The molecule has 19 heavy (non-hydrogen) atoms. The zero-order valence-electron chi connectivity index (χ0n) is 12.6. The Morgan fingerprint density at radius 1 is 1.05 bits per heavy atom. The highest BCUT2D eigenvalue weighted by Gasteiger charge is 2.41. The van der Waals surface area contributed by atoms with Crippen molar-refractivity contribution in [3.8, 4) is 0 Å². The molecule has 2 N–H and O–H groups in total. The average molecular weight is 291 g/mol. The summed E-state index contributed by atoms with van der Waals surface area (Å²) >= 11 is 0. The van der Waals surface area contributed by atoms with Gasteiger partial charge in [-0.1, -0.05) is 39.5 Å². The lowest BCUT2D eigenvalue weighted by Gasteiger charge is -2.41. The van der Waals surface area contributed by atoms with Gasteiger partial charge in [0.15, 0.2) is 0 Å². The van der Waals surface area contributed by atoms with E-state index < -0.39 is 15.7 Å². The molecular formula is C13H29N3O2S. The van der Waals surface area contributed by atoms with Crippen LogP contribution < -0.4 is 5.73 Å². The van der Waals surface area contributed by atoms with E-state index in [9.17, 15) is 8.42 Å². The van der Waals surface area contributed by atoms with E-state index >= 15 is 0 Å². The van der Waals surface area contributed by atoms with Gasteiger partial charge in [0.2, 0.25) is 0 Å². The maximum Gasteiger partial charge on any atom is 0.282 e. The highest BCUT2D eigenvalue weighted by Crippen LogP contribution is 2.33. The molecule has 0 aromatic rings. The third kappa shape index (κ3) is 3.48. The first-order chi connectivity index (χ1) is 8.94. The van der Waals surface area contributed by atoms with Crippen LogP contribution in [0.4, 0.5) is 0 Å². The second-order valence-electron chi connectivity index (χ2n) is 5.40. The lowest BCUT2D eigenvalue weighted by molar-refractivity contribution is 0.184. The van der Waals surface area contributed by atoms with E-state index in [1.807, 2.05) is 13.8 Å². The van der Waals surface area contributed by atoms with Gasteiger partial charge in [0, 0.05) is 32.2 Å². The van der Waals surface area contributed by atoms with E-state index in [1.165, 1.54) is 17.1 Å². The summed E-state index contributed by atoms with van der Waals surface area (Å²) in [6, 6.07) is 0. The predicted molar refractivity (Wildman–Crippen MR) is 79.1 cm³/mol. The van der Waals surface area contributed by atoms with Crippen LogP contribution in [0.2, 0.25) is 0 Å². The number of hydrogen-bond donors (Lipinski definition) is 1. The van der Waals surface area contributed by atoms with Gasteiger partial charge in [-0.05, 0) is 12.8 Å². The number of likely N-dealkylation sites (N-methyl/N-ethyl adjacent to an activating group) is 1. The molecule has 0 bridgehead atoms. The minimum atomic E-state index is -3.40. The van der Waals surface area contributed by atoms with Crippen LogP contribution in [-0.4, -0.2) is 49.2 Å². The molecule has 0 heterocycles. The molecule has 0 radical (unpaired) electrons. The van der Waals surface area contributed by atoms with Crippen LogP contribution in [0, 0.1) is 0 Å². The molecule has 6 heteroatoms. The van der Waals surface area contributed by atoms with Crippen LogP contribution >= 0.6 is 0 Å². The monoisotopic (exact) mass is 291 g/mol. The van der Waals surface area contributed by atoms with Crippen LogP contribution in [0.1, 0.15) is 52.4 Å². The summed E-state index contributed by atoms with van der Waals surface area (Å²) in [6.07, 6.45) is 6.24. The summed E-state index contributed by atoms with van der Waals surface area (Å²) in [5.74, 6) is 0. The van der Waals surface area contributed by atoms with Gasteiger partial charge >= 0.3 is 0 Å². The van der Waals surface area contributed by atoms with Gasteiger partial charge in [-0.2, -0.15) is 17.0 Å². The molecule has 0 atom stereocenters. The topological polar surface area (TPSA) is 66.6 Å². The molecule has 1 saturated carbocycles. The van der Waals surface area contributed by atoms with Crippen LogP contribution in [0.5, 0.6) is 0 Å². The fraction of sp³-hybridized carbons (Fsp3) is 1.00. The van der Waals surface area contributed by atoms with Crippen molar-refractivity contribution in [1.29, 1.82) is 0 Å². The van der Waals surface area contributed by atoms with Crippen molar-refractivity contribution in [3.05, 3.63) is 0 Å². The minimum Gasteiger partial charge on any atom is -0.329 e. The summed E-state index contributed by atoms with van der Waals surface area (Å²) in [6.45, 7) is 5.16. The molecule has 1 aliphatic carbocycles. The van der Waals surface area contributed by atoms with Crippen molar-refractivity contribution in [3.63, 3.8) is 0 Å². The summed E-state index contributed by atoms with van der Waals surface area (Å²) < 4.78 is 28.4. The van der Waals surface area contributed by atoms with E-state index in [0.29, 0.717) is 19.6 Å². The largest absolute Gasteiger partial charge is 0.329 e. The van der Waals surface area contributed by atoms with Gasteiger partial charge in [0.1, 0.15) is 0 Å². The Labute approximate surface area is 118 Å². The summed E-state index contributed by atoms with van der Waals surface area (Å²) in [4.78, 5) is 0. The lowest BCUT2D eigenvalue weighted by Crippen LogP contribution is -2.57. The fourth-order valence-electron chi connectivity index (χ4n) is 3.00. The maximum absolute atomic E-state index is 12.7. The summed E-state index contributed by atoms with van der Waals surface area (Å²) in [5, 5.41) is 0. The van der Waals surface area contributed by atoms with Gasteiger partial charge < -0.3 is 5.73 Å². The number of rotatable bonds is 6. The first-order valence-electron chi connectivity index (χ1n) is 7.38. The highest BCUT2D eigenvalue weighted by molar-refractivity contribution is 7.86. The molecule has 0 unspecified atom stereocenters. The quantitative estimate of drug-likeness (QED) is 0.755. The standard InChI is InChI=1S/C13H29N3O2S/c1-4-16(5-2)19(17,18)15(3)13(12-14)10-8-6-7-9-11-13/h4-12,14H2,1-3H3. The first-order valence-corrected chi connectivity index (χ1v) is 8.78. The zero-order valence-corrected chi connectivity index (χ0v) is 13.4. The summed E-state index contributed by atoms with van der Waals surface area (Å²) in [5.41, 5.74) is 5.57. The SMILES string of the molecule is CCN(CC)S(=O)(=O)N(C)C1(CN)CCCCCC1. The fourth-order valence-corrected chi connectivity index (χ4v) is 4.75. The molecule has 0 saturated heterocycles. The third-order valence-corrected chi connectivity index (χ3v) is 6.71. The van der Waals surface area contributed by atoms with Crippen LogP contribution in [0.3, 0.4) is 0 Å². The Balaban J connectivity index is 3.02. The molecule has 0 amide bonds. The smallest absolute Gasteiger partial charge is 0.282 e. The van der Waals surface area contributed by atoms with Crippen LogP contribution in [-0.2, 0) is 10.2 Å². The Hall–Kier alpha value is -0.170. The molecule has 0 aromatic carbocycles. The molecule has 1 aliphatic rings. The molecule has 1 fully saturated rings. The minimum absolute atomic E-state index is 0.391. The molecular weight excluding hydrogens is 262 g/mol. The Morgan fingerprint density at radius 3 is 1.89 bits per heavy atom. The number of nitrogens with two attached hydrogens (primary N) is 1. The van der Waals surface area contributed by atoms with Gasteiger partial charge in [-0.25, -0.2) is 0 Å². The number of nitrogens with zero attached hydrogens (tertiary/aromatic N) is 2. The van der Waals surface area contributed by atoms with E-state index in [-0.39, 0.29) is 0 Å². The predicted octanol–water partition coefficient (Wildman–Crippen LogP) is 1.56. The van der Waals surface area contributed by atoms with Gasteiger partial charge in [-0.15, -0.1) is 0 Å². The average Bonchev–Trinajstić information content (AvgIpc) is 2.65. The normalized spacial score (nSPS) is 20.7. The van der Waals surface area contributed by atoms with Crippen molar-refractivity contribution in [2.45, 2.75) is 57.9 Å². The second-order valence-corrected chi connectivity index (χ2v) is 7.36. The van der Waals surface area contributed by atoms with Crippen molar-refractivity contribution in [2.24, 2.45) is 5.73 Å². The van der Waals surface area contributed by atoms with Crippen LogP contribution in [0.25, 0.3) is 0 Å². The first kappa shape index (κ1) is 16.9. The van der Waals surface area contributed by atoms with Crippen molar-refractivity contribution in [2.75, 3.05) is 26.7 Å². The molecule has 0 spiro atoms. The molecule has 0 aliphatic heterocycles. The van der Waals surface area contributed by atoms with Crippen molar-refractivity contribution < 1.29 is 8.42 Å². The van der Waals surface area contributed by atoms with Crippen molar-refractivity contribution >= 4 is 10.2 Å². The van der Waals surface area contributed by atoms with Gasteiger partial charge in [-0.3, -0.25) is 0 Å². The summed E-state index contributed by atoms with van der Waals surface area (Å²) in [7, 11) is -1.70. The molecule has 0 aromatic heterocycles. The Morgan fingerprint density at radius 2 is 1.53 bits per heavy atom. The number of hydrogen-bond acceptors (Lipinski definition) is 3. The second kappa shape index (κ2) is 7.02. The van der Waals surface area contributed by atoms with Crippen molar-refractivity contribution in [1.82, 2.24) is 8.61 Å². The van der Waals surface area contributed by atoms with E-state index in [2.05, 4.69) is 0 Å². The van der Waals surface area contributed by atoms with Gasteiger partial charge in [0.25, 0.3) is 10.2 Å². The van der Waals surface area contributed by atoms with E-state index in [0.717, 1.165) is 25.7 Å². The molecule has 114 valence electrons. The van der Waals surface area contributed by atoms with E-state index in [4.69, 9.17) is 5.73 Å². The highest BCUT2D eigenvalue weighted by atomic mass is 32.2. The Bertz CT molecular complexity index is 358. The molecule has 1 rings (SSSR count). The van der Waals surface area contributed by atoms with Crippen LogP contribution in [0.15, 0.2) is 0 Å². The lowest BCUT2D eigenvalue weighted by atomic mass is 9.90. The maximum atomic E-state index is 12.7. The Kier molecular flexibility index (Phi) is 6.23. The third-order valence-electron chi connectivity index (χ3n) is 4.46. The zero-order chi connectivity index (χ0) is 14.5. The molecule has 5 nitrogen and oxygen atoms in total. The van der Waals surface area contributed by atoms with Gasteiger partial charge in [0.05, 0.1) is 0 Å². The van der Waals surface area contributed by atoms with E-state index in [1.54, 1.807) is 11.4 Å².